The molecule has 0 radical (unpaired) electrons. The number of aromatic nitrogens is 1. The van der Waals surface area contributed by atoms with Gasteiger partial charge in [-0.05, 0) is 68.7 Å². The second-order valence-electron chi connectivity index (χ2n) is 14.2. The maximum Gasteiger partial charge on any atom is 0.355 e. The summed E-state index contributed by atoms with van der Waals surface area (Å²) in [7, 11) is -0.280. The van der Waals surface area contributed by atoms with Crippen molar-refractivity contribution in [2.75, 3.05) is 20.3 Å². The number of esters is 1. The molecule has 2 N–H and O–H groups in total. The van der Waals surface area contributed by atoms with Crippen LogP contribution < -0.4 is 5.32 Å². The first kappa shape index (κ1) is 41.8. The molecule has 1 saturated heterocycles. The smallest absolute Gasteiger partial charge is 0.355 e. The number of carbonyl (C=O) groups excluding carboxylic acids is 3. The van der Waals surface area contributed by atoms with Crippen molar-refractivity contribution in [3.63, 3.8) is 0 Å². The molecule has 0 aromatic carbocycles. The molecule has 2 rings (SSSR count). The third kappa shape index (κ3) is 11.6. The summed E-state index contributed by atoms with van der Waals surface area (Å²) in [5, 5.41) is 14.9. The fourth-order valence-corrected chi connectivity index (χ4v) is 10.1. The molecule has 13 heteroatoms. The summed E-state index contributed by atoms with van der Waals surface area (Å²) in [4.78, 5) is 61.2. The lowest BCUT2D eigenvalue weighted by molar-refractivity contribution is -0.160. The molecule has 1 aliphatic heterocycles. The van der Waals surface area contributed by atoms with Crippen molar-refractivity contribution in [2.24, 2.45) is 17.8 Å². The Bertz CT molecular complexity index is 1180. The van der Waals surface area contributed by atoms with Crippen molar-refractivity contribution in [2.45, 2.75) is 143 Å². The van der Waals surface area contributed by atoms with Crippen LogP contribution in [-0.4, -0.2) is 90.4 Å². The summed E-state index contributed by atoms with van der Waals surface area (Å²) in [6.07, 6.45) is 3.37. The summed E-state index contributed by atoms with van der Waals surface area (Å²) >= 11 is 1.25. The number of hydrogen-bond donors (Lipinski definition) is 2. The number of thiazole rings is 1. The molecule has 1 aromatic rings. The molecule has 1 fully saturated rings. The number of rotatable bonds is 20. The van der Waals surface area contributed by atoms with Crippen LogP contribution in [0.2, 0.25) is 18.1 Å². The number of amides is 2. The number of likely N-dealkylation sites (N-methyl/N-ethyl adjacent to an activating group) is 1. The third-order valence-electron chi connectivity index (χ3n) is 10.0. The first-order valence-electron chi connectivity index (χ1n) is 18.0. The van der Waals surface area contributed by atoms with Crippen LogP contribution in [0.5, 0.6) is 0 Å². The molecule has 11 nitrogen and oxygen atoms in total. The number of piperidine rings is 1. The SMILES string of the molecule is CC[C@H](C)[C@H](NC(=O)[C@H]1CCCCN1C)C(=O)N(COC(=O)CC(C)C)[C@H](C[C@@H](O[Si](CC)(CC)CC)c1nc(C(=O)O)cs1)C(C)C. The van der Waals surface area contributed by atoms with Crippen LogP contribution in [0.4, 0.5) is 0 Å². The summed E-state index contributed by atoms with van der Waals surface area (Å²) in [5.74, 6) is -2.16. The zero-order valence-electron chi connectivity index (χ0n) is 31.0. The Balaban J connectivity index is 2.60. The quantitative estimate of drug-likeness (QED) is 0.0859. The molecule has 0 spiro atoms. The van der Waals surface area contributed by atoms with Crippen molar-refractivity contribution in [3.8, 4) is 0 Å². The van der Waals surface area contributed by atoms with Crippen LogP contribution in [0.3, 0.4) is 0 Å². The Morgan fingerprint density at radius 1 is 1.08 bits per heavy atom. The van der Waals surface area contributed by atoms with Crippen molar-refractivity contribution < 1.29 is 33.4 Å². The van der Waals surface area contributed by atoms with E-state index in [1.807, 2.05) is 53.5 Å². The maximum atomic E-state index is 14.8. The molecule has 274 valence electrons. The largest absolute Gasteiger partial charge is 0.476 e. The summed E-state index contributed by atoms with van der Waals surface area (Å²) in [5.41, 5.74) is -0.0377. The van der Waals surface area contributed by atoms with Crippen molar-refractivity contribution in [1.82, 2.24) is 20.1 Å². The third-order valence-corrected chi connectivity index (χ3v) is 15.6. The van der Waals surface area contributed by atoms with Gasteiger partial charge in [-0.25, -0.2) is 9.78 Å². The van der Waals surface area contributed by atoms with Gasteiger partial charge in [0.05, 0.1) is 12.1 Å². The molecule has 0 unspecified atom stereocenters. The lowest BCUT2D eigenvalue weighted by Gasteiger charge is -2.41. The Hall–Kier alpha value is -2.35. The van der Waals surface area contributed by atoms with Crippen LogP contribution in [0.1, 0.15) is 122 Å². The van der Waals surface area contributed by atoms with E-state index in [4.69, 9.17) is 9.16 Å². The van der Waals surface area contributed by atoms with Crippen molar-refractivity contribution in [1.29, 1.82) is 0 Å². The summed E-state index contributed by atoms with van der Waals surface area (Å²) in [6.45, 7) is 18.8. The molecular formula is C35H62N4O7SSi. The van der Waals surface area contributed by atoms with Gasteiger partial charge >= 0.3 is 11.9 Å². The zero-order chi connectivity index (χ0) is 36.2. The van der Waals surface area contributed by atoms with Crippen molar-refractivity contribution >= 4 is 43.4 Å². The van der Waals surface area contributed by atoms with Crippen LogP contribution in [0, 0.1) is 17.8 Å². The molecule has 0 aliphatic carbocycles. The van der Waals surface area contributed by atoms with E-state index in [0.29, 0.717) is 17.8 Å². The van der Waals surface area contributed by atoms with E-state index in [1.165, 1.54) is 16.7 Å². The van der Waals surface area contributed by atoms with Gasteiger partial charge in [0.2, 0.25) is 11.8 Å². The van der Waals surface area contributed by atoms with Crippen LogP contribution in [0.25, 0.3) is 0 Å². The van der Waals surface area contributed by atoms with Crippen molar-refractivity contribution in [3.05, 3.63) is 16.1 Å². The Morgan fingerprint density at radius 2 is 1.73 bits per heavy atom. The predicted octanol–water partition coefficient (Wildman–Crippen LogP) is 6.71. The second kappa shape index (κ2) is 19.7. The van der Waals surface area contributed by atoms with Gasteiger partial charge in [-0.3, -0.25) is 19.3 Å². The van der Waals surface area contributed by atoms with Gasteiger partial charge in [-0.1, -0.05) is 75.2 Å². The summed E-state index contributed by atoms with van der Waals surface area (Å²) < 4.78 is 12.8. The van der Waals surface area contributed by atoms with Crippen LogP contribution in [0.15, 0.2) is 5.38 Å². The Morgan fingerprint density at radius 3 is 2.23 bits per heavy atom. The van der Waals surface area contributed by atoms with E-state index < -0.39 is 38.4 Å². The number of carboxylic acids is 1. The normalized spacial score (nSPS) is 18.3. The standard InChI is InChI=1S/C35H62N4O7SSi/c1-11-25(9)31(37-32(41)27-17-15-16-18-38(27)10)34(42)39(22-45-30(40)19-23(5)6)28(24(7)8)20-29(46-48(12-2,13-3)14-4)33-36-26(21-47-33)35(43)44/h21,23-25,27-29,31H,11-20,22H2,1-10H3,(H,37,41)(H,43,44)/t25-,27+,28+,29+,31-/m0/s1. The number of aromatic carboxylic acids is 1. The molecule has 48 heavy (non-hydrogen) atoms. The number of ether oxygens (including phenoxy) is 1. The first-order valence-corrected chi connectivity index (χ1v) is 21.4. The number of hydrogen-bond acceptors (Lipinski definition) is 9. The fraction of sp³-hybridized carbons (Fsp3) is 0.800. The van der Waals surface area contributed by atoms with Gasteiger partial charge in [0, 0.05) is 17.8 Å². The van der Waals surface area contributed by atoms with Crippen LogP contribution >= 0.6 is 11.3 Å². The highest BCUT2D eigenvalue weighted by molar-refractivity contribution is 7.09. The molecule has 5 atom stereocenters. The van der Waals surface area contributed by atoms with E-state index in [9.17, 15) is 24.3 Å². The highest BCUT2D eigenvalue weighted by Crippen LogP contribution is 2.36. The van der Waals surface area contributed by atoms with Gasteiger partial charge < -0.3 is 24.5 Å². The molecule has 1 aromatic heterocycles. The average molecular weight is 711 g/mol. The highest BCUT2D eigenvalue weighted by atomic mass is 32.1. The topological polar surface area (TPSA) is 138 Å². The molecule has 2 heterocycles. The van der Waals surface area contributed by atoms with Gasteiger partial charge in [-0.15, -0.1) is 11.3 Å². The lowest BCUT2D eigenvalue weighted by Crippen LogP contribution is -2.59. The molecule has 0 bridgehead atoms. The minimum atomic E-state index is -2.22. The van der Waals surface area contributed by atoms with E-state index in [0.717, 1.165) is 43.9 Å². The van der Waals surface area contributed by atoms with E-state index in [-0.39, 0.29) is 54.5 Å². The average Bonchev–Trinajstić information content (AvgIpc) is 3.55. The molecule has 2 amide bonds. The Kier molecular flexibility index (Phi) is 17.2. The van der Waals surface area contributed by atoms with Gasteiger partial charge in [-0.2, -0.15) is 0 Å². The van der Waals surface area contributed by atoms with Gasteiger partial charge in [0.25, 0.3) is 0 Å². The lowest BCUT2D eigenvalue weighted by atomic mass is 9.92. The predicted molar refractivity (Wildman–Crippen MR) is 192 cm³/mol. The van der Waals surface area contributed by atoms with Crippen LogP contribution in [-0.2, 0) is 23.5 Å². The van der Waals surface area contributed by atoms with Gasteiger partial charge in [0.15, 0.2) is 20.7 Å². The zero-order valence-corrected chi connectivity index (χ0v) is 32.9. The fourth-order valence-electron chi connectivity index (χ4n) is 6.39. The van der Waals surface area contributed by atoms with Gasteiger partial charge in [0.1, 0.15) is 11.0 Å². The minimum Gasteiger partial charge on any atom is -0.476 e. The number of carboxylic acid groups (broad SMARTS) is 1. The molecule has 1 aliphatic rings. The molecule has 0 saturated carbocycles. The number of carbonyl (C=O) groups is 4. The van der Waals surface area contributed by atoms with E-state index in [2.05, 4.69) is 31.1 Å². The number of nitrogens with one attached hydrogen (secondary N) is 1. The highest BCUT2D eigenvalue weighted by Gasteiger charge is 2.41. The first-order chi connectivity index (χ1) is 22.6. The summed E-state index contributed by atoms with van der Waals surface area (Å²) in [6, 6.07) is 1.05. The minimum absolute atomic E-state index is 0.0377. The van der Waals surface area contributed by atoms with E-state index >= 15 is 0 Å². The second-order valence-corrected chi connectivity index (χ2v) is 19.8. The Labute approximate surface area is 293 Å². The maximum absolute atomic E-state index is 14.8. The number of nitrogens with zero attached hydrogens (tertiary/aromatic N) is 3. The monoisotopic (exact) mass is 710 g/mol. The van der Waals surface area contributed by atoms with E-state index in [1.54, 1.807) is 4.90 Å². The molecular weight excluding hydrogens is 649 g/mol. The number of likely N-dealkylation sites (tertiary alicyclic amines) is 1.